The van der Waals surface area contributed by atoms with Crippen molar-refractivity contribution < 1.29 is 9.90 Å². The van der Waals surface area contributed by atoms with Crippen LogP contribution in [-0.2, 0) is 13.0 Å². The topological polar surface area (TPSA) is 67.2 Å². The van der Waals surface area contributed by atoms with Crippen molar-refractivity contribution in [2.75, 3.05) is 13.2 Å². The molecule has 0 aliphatic heterocycles. The molecule has 0 aliphatic rings. The summed E-state index contributed by atoms with van der Waals surface area (Å²) in [5.74, 6) is 0.888. The van der Waals surface area contributed by atoms with Crippen molar-refractivity contribution in [3.63, 3.8) is 0 Å². The Balaban J connectivity index is 1.59. The Morgan fingerprint density at radius 1 is 1.08 bits per heavy atom. The van der Waals surface area contributed by atoms with Crippen molar-refractivity contribution >= 4 is 16.9 Å². The maximum atomic E-state index is 12.0. The van der Waals surface area contributed by atoms with E-state index in [2.05, 4.69) is 10.3 Å². The molecule has 1 amide bonds. The summed E-state index contributed by atoms with van der Waals surface area (Å²) in [5.41, 5.74) is 2.65. The van der Waals surface area contributed by atoms with Crippen molar-refractivity contribution in [1.29, 1.82) is 0 Å². The van der Waals surface area contributed by atoms with Crippen molar-refractivity contribution in [2.45, 2.75) is 19.4 Å². The van der Waals surface area contributed by atoms with Crippen molar-refractivity contribution in [2.24, 2.45) is 0 Å². The summed E-state index contributed by atoms with van der Waals surface area (Å²) in [5, 5.41) is 12.2. The molecule has 0 saturated carbocycles. The molecule has 1 aromatic heterocycles. The SMILES string of the molecule is O=C(NCCCc1nc2ccccc2n1CCO)c1ccccc1. The summed E-state index contributed by atoms with van der Waals surface area (Å²) >= 11 is 0. The van der Waals surface area contributed by atoms with Crippen LogP contribution in [0.15, 0.2) is 54.6 Å². The van der Waals surface area contributed by atoms with Crippen LogP contribution in [0.4, 0.5) is 0 Å². The lowest BCUT2D eigenvalue weighted by Crippen LogP contribution is -2.25. The van der Waals surface area contributed by atoms with Gasteiger partial charge in [0.2, 0.25) is 0 Å². The summed E-state index contributed by atoms with van der Waals surface area (Å²) in [6.45, 7) is 1.21. The van der Waals surface area contributed by atoms with Crippen LogP contribution in [-0.4, -0.2) is 33.7 Å². The minimum Gasteiger partial charge on any atom is -0.395 e. The number of aliphatic hydroxyl groups is 1. The van der Waals surface area contributed by atoms with Crippen LogP contribution < -0.4 is 5.32 Å². The number of amides is 1. The predicted molar refractivity (Wildman–Crippen MR) is 93.9 cm³/mol. The Labute approximate surface area is 141 Å². The Morgan fingerprint density at radius 3 is 2.62 bits per heavy atom. The number of aryl methyl sites for hydroxylation is 1. The molecule has 124 valence electrons. The van der Waals surface area contributed by atoms with E-state index in [1.165, 1.54) is 0 Å². The second-order valence-electron chi connectivity index (χ2n) is 5.62. The second-order valence-corrected chi connectivity index (χ2v) is 5.62. The first kappa shape index (κ1) is 16.2. The highest BCUT2D eigenvalue weighted by Crippen LogP contribution is 2.16. The lowest BCUT2D eigenvalue weighted by molar-refractivity contribution is 0.0953. The van der Waals surface area contributed by atoms with E-state index in [9.17, 15) is 9.90 Å². The van der Waals surface area contributed by atoms with Crippen molar-refractivity contribution in [3.8, 4) is 0 Å². The first-order chi connectivity index (χ1) is 11.8. The molecule has 0 saturated heterocycles. The average Bonchev–Trinajstić information content (AvgIpc) is 2.97. The molecule has 24 heavy (non-hydrogen) atoms. The van der Waals surface area contributed by atoms with Gasteiger partial charge in [0, 0.05) is 25.1 Å². The van der Waals surface area contributed by atoms with E-state index in [-0.39, 0.29) is 12.5 Å². The zero-order valence-electron chi connectivity index (χ0n) is 13.5. The largest absolute Gasteiger partial charge is 0.395 e. The molecule has 0 unspecified atom stereocenters. The molecule has 0 spiro atoms. The number of carbonyl (C=O) groups excluding carboxylic acids is 1. The predicted octanol–water partition coefficient (Wildman–Crippen LogP) is 2.39. The van der Waals surface area contributed by atoms with Gasteiger partial charge in [-0.15, -0.1) is 0 Å². The number of benzene rings is 2. The number of aromatic nitrogens is 2. The van der Waals surface area contributed by atoms with Gasteiger partial charge in [-0.25, -0.2) is 4.98 Å². The maximum absolute atomic E-state index is 12.0. The third-order valence-electron chi connectivity index (χ3n) is 3.96. The number of hydrogen-bond donors (Lipinski definition) is 2. The number of aliphatic hydroxyl groups excluding tert-OH is 1. The van der Waals surface area contributed by atoms with Crippen LogP contribution in [0.5, 0.6) is 0 Å². The molecule has 1 heterocycles. The lowest BCUT2D eigenvalue weighted by Gasteiger charge is -2.08. The van der Waals surface area contributed by atoms with Crippen LogP contribution in [0.2, 0.25) is 0 Å². The lowest BCUT2D eigenvalue weighted by atomic mass is 10.2. The van der Waals surface area contributed by atoms with E-state index in [4.69, 9.17) is 0 Å². The summed E-state index contributed by atoms with van der Waals surface area (Å²) in [7, 11) is 0. The molecule has 0 atom stereocenters. The van der Waals surface area contributed by atoms with E-state index < -0.39 is 0 Å². The number of fused-ring (bicyclic) bond motifs is 1. The third-order valence-corrected chi connectivity index (χ3v) is 3.96. The van der Waals surface area contributed by atoms with Crippen LogP contribution in [0.3, 0.4) is 0 Å². The number of rotatable bonds is 7. The summed E-state index contributed by atoms with van der Waals surface area (Å²) in [6.07, 6.45) is 1.55. The van der Waals surface area contributed by atoms with Gasteiger partial charge < -0.3 is 15.0 Å². The fraction of sp³-hybridized carbons (Fsp3) is 0.263. The maximum Gasteiger partial charge on any atom is 0.251 e. The Hall–Kier alpha value is -2.66. The molecule has 3 aromatic rings. The smallest absolute Gasteiger partial charge is 0.251 e. The van der Waals surface area contributed by atoms with Crippen LogP contribution in [0, 0.1) is 0 Å². The average molecular weight is 323 g/mol. The minimum atomic E-state index is -0.0561. The molecule has 2 aromatic carbocycles. The molecule has 3 rings (SSSR count). The molecule has 0 bridgehead atoms. The first-order valence-corrected chi connectivity index (χ1v) is 8.18. The van der Waals surface area contributed by atoms with Crippen LogP contribution in [0.1, 0.15) is 22.6 Å². The Kier molecular flexibility index (Phi) is 5.23. The van der Waals surface area contributed by atoms with Gasteiger partial charge in [-0.2, -0.15) is 0 Å². The minimum absolute atomic E-state index is 0.0561. The molecule has 0 aliphatic carbocycles. The fourth-order valence-corrected chi connectivity index (χ4v) is 2.81. The molecular formula is C19H21N3O2. The summed E-state index contributed by atoms with van der Waals surface area (Å²) in [6, 6.07) is 17.1. The number of carbonyl (C=O) groups is 1. The first-order valence-electron chi connectivity index (χ1n) is 8.18. The number of imidazole rings is 1. The van der Waals surface area contributed by atoms with Gasteiger partial charge in [0.1, 0.15) is 5.82 Å². The molecule has 0 fully saturated rings. The van der Waals surface area contributed by atoms with E-state index in [1.54, 1.807) is 12.1 Å². The van der Waals surface area contributed by atoms with Crippen LogP contribution >= 0.6 is 0 Å². The van der Waals surface area contributed by atoms with Crippen molar-refractivity contribution in [3.05, 3.63) is 66.0 Å². The van der Waals surface area contributed by atoms with Crippen LogP contribution in [0.25, 0.3) is 11.0 Å². The molecule has 2 N–H and O–H groups in total. The van der Waals surface area contributed by atoms with E-state index in [0.29, 0.717) is 18.7 Å². The Morgan fingerprint density at radius 2 is 1.83 bits per heavy atom. The second kappa shape index (κ2) is 7.75. The van der Waals surface area contributed by atoms with Crippen molar-refractivity contribution in [1.82, 2.24) is 14.9 Å². The standard InChI is InChI=1S/C19H21N3O2/c23-14-13-22-17-10-5-4-9-16(17)21-18(22)11-6-12-20-19(24)15-7-2-1-3-8-15/h1-5,7-10,23H,6,11-14H2,(H,20,24). The Bertz CT molecular complexity index is 812. The highest BCUT2D eigenvalue weighted by atomic mass is 16.3. The zero-order chi connectivity index (χ0) is 16.8. The van der Waals surface area contributed by atoms with Gasteiger partial charge in [0.15, 0.2) is 0 Å². The molecular weight excluding hydrogens is 302 g/mol. The number of para-hydroxylation sites is 2. The van der Waals surface area contributed by atoms with E-state index >= 15 is 0 Å². The third kappa shape index (κ3) is 3.63. The number of nitrogens with one attached hydrogen (secondary N) is 1. The van der Waals surface area contributed by atoms with Gasteiger partial charge >= 0.3 is 0 Å². The van der Waals surface area contributed by atoms with E-state index in [1.807, 2.05) is 47.0 Å². The van der Waals surface area contributed by atoms with Gasteiger partial charge in [-0.3, -0.25) is 4.79 Å². The quantitative estimate of drug-likeness (QED) is 0.656. The van der Waals surface area contributed by atoms with E-state index in [0.717, 1.165) is 29.7 Å². The monoisotopic (exact) mass is 323 g/mol. The van der Waals surface area contributed by atoms with Gasteiger partial charge in [-0.1, -0.05) is 30.3 Å². The zero-order valence-corrected chi connectivity index (χ0v) is 13.5. The molecule has 5 heteroatoms. The summed E-state index contributed by atoms with van der Waals surface area (Å²) in [4.78, 5) is 16.6. The number of hydrogen-bond acceptors (Lipinski definition) is 3. The normalized spacial score (nSPS) is 10.9. The molecule has 5 nitrogen and oxygen atoms in total. The van der Waals surface area contributed by atoms with Gasteiger partial charge in [0.25, 0.3) is 5.91 Å². The highest BCUT2D eigenvalue weighted by molar-refractivity contribution is 5.94. The summed E-state index contributed by atoms with van der Waals surface area (Å²) < 4.78 is 2.05. The molecule has 0 radical (unpaired) electrons. The van der Waals surface area contributed by atoms with Gasteiger partial charge in [0.05, 0.1) is 17.6 Å². The fourth-order valence-electron chi connectivity index (χ4n) is 2.81. The van der Waals surface area contributed by atoms with Gasteiger partial charge in [-0.05, 0) is 30.7 Å². The highest BCUT2D eigenvalue weighted by Gasteiger charge is 2.10. The number of nitrogens with zero attached hydrogens (tertiary/aromatic N) is 2.